The van der Waals surface area contributed by atoms with Gasteiger partial charge >= 0.3 is 6.09 Å². The summed E-state index contributed by atoms with van der Waals surface area (Å²) >= 11 is 0. The van der Waals surface area contributed by atoms with Crippen LogP contribution in [0.15, 0.2) is 18.2 Å². The zero-order valence-electron chi connectivity index (χ0n) is 13.8. The first-order valence-electron chi connectivity index (χ1n) is 7.52. The van der Waals surface area contributed by atoms with Crippen molar-refractivity contribution in [1.82, 2.24) is 10.6 Å². The Labute approximate surface area is 136 Å². The van der Waals surface area contributed by atoms with Gasteiger partial charge in [-0.2, -0.15) is 0 Å². The van der Waals surface area contributed by atoms with E-state index in [1.165, 1.54) is 14.2 Å². The van der Waals surface area contributed by atoms with Crippen LogP contribution in [-0.4, -0.2) is 45.9 Å². The van der Waals surface area contributed by atoms with Crippen molar-refractivity contribution in [3.8, 4) is 11.5 Å². The molecule has 128 valence electrons. The summed E-state index contributed by atoms with van der Waals surface area (Å²) in [5.41, 5.74) is 0.423. The van der Waals surface area contributed by atoms with E-state index in [1.807, 2.05) is 6.92 Å². The number of rotatable bonds is 9. The third kappa shape index (κ3) is 6.90. The number of ether oxygens (including phenoxy) is 3. The van der Waals surface area contributed by atoms with Crippen molar-refractivity contribution in [2.24, 2.45) is 0 Å². The van der Waals surface area contributed by atoms with Crippen molar-refractivity contribution >= 4 is 12.0 Å². The van der Waals surface area contributed by atoms with E-state index in [0.29, 0.717) is 30.2 Å². The van der Waals surface area contributed by atoms with E-state index in [4.69, 9.17) is 14.2 Å². The van der Waals surface area contributed by atoms with Crippen molar-refractivity contribution in [1.29, 1.82) is 0 Å². The Morgan fingerprint density at radius 3 is 2.17 bits per heavy atom. The third-order valence-corrected chi connectivity index (χ3v) is 3.02. The Morgan fingerprint density at radius 2 is 1.61 bits per heavy atom. The van der Waals surface area contributed by atoms with Gasteiger partial charge in [0.05, 0.1) is 20.8 Å². The van der Waals surface area contributed by atoms with E-state index in [2.05, 4.69) is 10.6 Å². The van der Waals surface area contributed by atoms with Gasteiger partial charge in [-0.3, -0.25) is 4.79 Å². The summed E-state index contributed by atoms with van der Waals surface area (Å²) < 4.78 is 15.2. The number of hydrogen-bond acceptors (Lipinski definition) is 5. The molecule has 0 aliphatic carbocycles. The maximum atomic E-state index is 12.1. The highest BCUT2D eigenvalue weighted by Gasteiger charge is 2.09. The molecule has 7 heteroatoms. The quantitative estimate of drug-likeness (QED) is 0.678. The van der Waals surface area contributed by atoms with Crippen LogP contribution in [0.2, 0.25) is 0 Å². The number of methoxy groups -OCH3 is 2. The average Bonchev–Trinajstić information content (AvgIpc) is 2.58. The van der Waals surface area contributed by atoms with Crippen LogP contribution < -0.4 is 20.1 Å². The van der Waals surface area contributed by atoms with Crippen LogP contribution in [-0.2, 0) is 4.74 Å². The van der Waals surface area contributed by atoms with E-state index in [0.717, 1.165) is 12.8 Å². The molecule has 1 aromatic carbocycles. The molecule has 1 rings (SSSR count). The maximum Gasteiger partial charge on any atom is 0.407 e. The molecule has 0 saturated carbocycles. The zero-order chi connectivity index (χ0) is 17.1. The number of unbranched alkanes of at least 4 members (excludes halogenated alkanes) is 1. The predicted molar refractivity (Wildman–Crippen MR) is 86.1 cm³/mol. The summed E-state index contributed by atoms with van der Waals surface area (Å²) in [6, 6.07) is 4.92. The Hall–Kier alpha value is -2.44. The lowest BCUT2D eigenvalue weighted by atomic mass is 10.2. The minimum atomic E-state index is -0.476. The largest absolute Gasteiger partial charge is 0.497 e. The first-order chi connectivity index (χ1) is 11.1. The van der Waals surface area contributed by atoms with Gasteiger partial charge in [-0.15, -0.1) is 0 Å². The van der Waals surface area contributed by atoms with Gasteiger partial charge < -0.3 is 24.8 Å². The van der Waals surface area contributed by atoms with Gasteiger partial charge in [-0.1, -0.05) is 13.3 Å². The molecule has 0 saturated heterocycles. The number of hydrogen-bond donors (Lipinski definition) is 2. The molecule has 0 atom stereocenters. The molecule has 0 radical (unpaired) electrons. The smallest absolute Gasteiger partial charge is 0.407 e. The second-order valence-electron chi connectivity index (χ2n) is 4.77. The molecule has 7 nitrogen and oxygen atoms in total. The highest BCUT2D eigenvalue weighted by molar-refractivity contribution is 5.95. The van der Waals surface area contributed by atoms with E-state index in [9.17, 15) is 9.59 Å². The Balaban J connectivity index is 2.38. The van der Waals surface area contributed by atoms with Crippen LogP contribution in [0, 0.1) is 0 Å². The van der Waals surface area contributed by atoms with Crippen LogP contribution in [0.3, 0.4) is 0 Å². The van der Waals surface area contributed by atoms with Crippen molar-refractivity contribution < 1.29 is 23.8 Å². The first-order valence-corrected chi connectivity index (χ1v) is 7.52. The minimum Gasteiger partial charge on any atom is -0.497 e. The number of carbonyl (C=O) groups excluding carboxylic acids is 2. The fourth-order valence-corrected chi connectivity index (χ4v) is 1.74. The van der Waals surface area contributed by atoms with E-state index in [1.54, 1.807) is 18.2 Å². The molecule has 0 bridgehead atoms. The van der Waals surface area contributed by atoms with Crippen molar-refractivity contribution in [2.45, 2.75) is 19.8 Å². The normalized spacial score (nSPS) is 9.87. The lowest BCUT2D eigenvalue weighted by Gasteiger charge is -2.10. The van der Waals surface area contributed by atoms with Crippen LogP contribution in [0.1, 0.15) is 30.1 Å². The molecule has 0 heterocycles. The lowest BCUT2D eigenvalue weighted by molar-refractivity contribution is 0.0951. The number of nitrogens with one attached hydrogen (secondary N) is 2. The third-order valence-electron chi connectivity index (χ3n) is 3.02. The Kier molecular flexibility index (Phi) is 8.34. The van der Waals surface area contributed by atoms with Gasteiger partial charge in [0, 0.05) is 24.7 Å². The fraction of sp³-hybridized carbons (Fsp3) is 0.500. The van der Waals surface area contributed by atoms with Crippen LogP contribution in [0.5, 0.6) is 11.5 Å². The number of amides is 2. The molecule has 0 unspecified atom stereocenters. The van der Waals surface area contributed by atoms with Crippen LogP contribution in [0.25, 0.3) is 0 Å². The molecule has 0 spiro atoms. The van der Waals surface area contributed by atoms with E-state index < -0.39 is 6.09 Å². The van der Waals surface area contributed by atoms with Gasteiger partial charge in [-0.05, 0) is 18.6 Å². The number of benzene rings is 1. The molecular weight excluding hydrogens is 300 g/mol. The number of alkyl carbamates (subject to hydrolysis) is 1. The fourth-order valence-electron chi connectivity index (χ4n) is 1.74. The minimum absolute atomic E-state index is 0.275. The summed E-state index contributed by atoms with van der Waals surface area (Å²) in [7, 11) is 3.04. The van der Waals surface area contributed by atoms with Crippen LogP contribution >= 0.6 is 0 Å². The molecule has 23 heavy (non-hydrogen) atoms. The average molecular weight is 324 g/mol. The highest BCUT2D eigenvalue weighted by atomic mass is 16.5. The SMILES string of the molecule is CCCCOC(=O)NCCNC(=O)c1cc(OC)cc(OC)c1. The number of carbonyl (C=O) groups is 2. The highest BCUT2D eigenvalue weighted by Crippen LogP contribution is 2.22. The molecule has 0 aliphatic heterocycles. The van der Waals surface area contributed by atoms with Crippen molar-refractivity contribution in [3.63, 3.8) is 0 Å². The summed E-state index contributed by atoms with van der Waals surface area (Å²) in [6.07, 6.45) is 1.32. The van der Waals surface area contributed by atoms with E-state index >= 15 is 0 Å². The second-order valence-corrected chi connectivity index (χ2v) is 4.77. The standard InChI is InChI=1S/C16H24N2O5/c1-4-5-8-23-16(20)18-7-6-17-15(19)12-9-13(21-2)11-14(10-12)22-3/h9-11H,4-8H2,1-3H3,(H,17,19)(H,18,20). The molecule has 0 aliphatic rings. The van der Waals surface area contributed by atoms with Crippen molar-refractivity contribution in [3.05, 3.63) is 23.8 Å². The van der Waals surface area contributed by atoms with E-state index in [-0.39, 0.29) is 12.5 Å². The lowest BCUT2D eigenvalue weighted by Crippen LogP contribution is -2.35. The Morgan fingerprint density at radius 1 is 1.00 bits per heavy atom. The predicted octanol–water partition coefficient (Wildman–Crippen LogP) is 1.96. The maximum absolute atomic E-state index is 12.1. The van der Waals surface area contributed by atoms with Gasteiger partial charge in [-0.25, -0.2) is 4.79 Å². The summed E-state index contributed by atoms with van der Waals surface area (Å²) in [5.74, 6) is 0.794. The van der Waals surface area contributed by atoms with Crippen molar-refractivity contribution in [2.75, 3.05) is 33.9 Å². The molecule has 2 N–H and O–H groups in total. The molecule has 1 aromatic rings. The zero-order valence-corrected chi connectivity index (χ0v) is 13.8. The summed E-state index contributed by atoms with van der Waals surface area (Å²) in [6.45, 7) is 3.00. The van der Waals surface area contributed by atoms with Gasteiger partial charge in [0.2, 0.25) is 0 Å². The topological polar surface area (TPSA) is 85.9 Å². The van der Waals surface area contributed by atoms with Gasteiger partial charge in [0.25, 0.3) is 5.91 Å². The van der Waals surface area contributed by atoms with Gasteiger partial charge in [0.15, 0.2) is 0 Å². The second kappa shape index (κ2) is 10.3. The summed E-state index contributed by atoms with van der Waals surface area (Å²) in [4.78, 5) is 23.4. The van der Waals surface area contributed by atoms with Gasteiger partial charge in [0.1, 0.15) is 11.5 Å². The monoisotopic (exact) mass is 324 g/mol. The molecular formula is C16H24N2O5. The molecule has 0 aromatic heterocycles. The summed E-state index contributed by atoms with van der Waals surface area (Å²) in [5, 5.41) is 5.27. The van der Waals surface area contributed by atoms with Crippen LogP contribution in [0.4, 0.5) is 4.79 Å². The Bertz CT molecular complexity index is 497. The molecule has 2 amide bonds. The molecule has 0 fully saturated rings. The first kappa shape index (κ1) is 18.6.